The minimum atomic E-state index is -4.56. The third-order valence-corrected chi connectivity index (χ3v) is 16.5. The predicted molar refractivity (Wildman–Crippen MR) is 304 cm³/mol. The van der Waals surface area contributed by atoms with E-state index in [1.54, 1.807) is 38.1 Å². The van der Waals surface area contributed by atoms with E-state index in [4.69, 9.17) is 15.0 Å². The second-order valence-electron chi connectivity index (χ2n) is 17.0. The molecule has 78 heavy (non-hydrogen) atoms. The summed E-state index contributed by atoms with van der Waals surface area (Å²) in [5, 5.41) is 46.2. The zero-order chi connectivity index (χ0) is 55.7. The van der Waals surface area contributed by atoms with Gasteiger partial charge in [0.05, 0.1) is 21.2 Å². The van der Waals surface area contributed by atoms with Crippen molar-refractivity contribution in [3.05, 3.63) is 131 Å². The van der Waals surface area contributed by atoms with Crippen LogP contribution in [0.5, 0.6) is 0 Å². The van der Waals surface area contributed by atoms with Crippen molar-refractivity contribution in [1.29, 1.82) is 10.5 Å². The van der Waals surface area contributed by atoms with E-state index in [2.05, 4.69) is 61.8 Å². The molecule has 0 unspecified atom stereocenters. The molecule has 0 amide bonds. The van der Waals surface area contributed by atoms with Crippen LogP contribution in [0.1, 0.15) is 55.5 Å². The van der Waals surface area contributed by atoms with Crippen molar-refractivity contribution in [2.45, 2.75) is 62.2 Å². The molecule has 0 fully saturated rings. The van der Waals surface area contributed by atoms with Crippen LogP contribution in [0.4, 0.5) is 56.0 Å². The normalized spacial score (nSPS) is 11.7. The first-order chi connectivity index (χ1) is 37.4. The van der Waals surface area contributed by atoms with Gasteiger partial charge in [0, 0.05) is 54.4 Å². The smallest absolute Gasteiger partial charge is 0.294 e. The molecule has 26 heteroatoms. The molecule has 4 N–H and O–H groups in total. The zero-order valence-electron chi connectivity index (χ0n) is 42.7. The van der Waals surface area contributed by atoms with Crippen LogP contribution >= 0.6 is 34.8 Å². The average molecular weight is 1140 g/mol. The summed E-state index contributed by atoms with van der Waals surface area (Å²) in [4.78, 5) is 18.3. The Morgan fingerprint density at radius 3 is 1.42 bits per heavy atom. The first kappa shape index (κ1) is 56.1. The second-order valence-corrected chi connectivity index (χ2v) is 22.2. The van der Waals surface area contributed by atoms with Crippen LogP contribution < -0.4 is 20.4 Å². The van der Waals surface area contributed by atoms with Gasteiger partial charge in [-0.2, -0.15) is 51.1 Å². The number of rotatable bonds is 21. The van der Waals surface area contributed by atoms with Crippen molar-refractivity contribution in [2.75, 3.05) is 46.6 Å². The molecule has 3 aromatic heterocycles. The van der Waals surface area contributed by atoms with Gasteiger partial charge in [-0.15, -0.1) is 20.5 Å². The van der Waals surface area contributed by atoms with Gasteiger partial charge in [0.25, 0.3) is 20.2 Å². The molecule has 0 bridgehead atoms. The van der Waals surface area contributed by atoms with E-state index >= 15 is 0 Å². The van der Waals surface area contributed by atoms with Crippen LogP contribution in [0.25, 0.3) is 22.5 Å². The van der Waals surface area contributed by atoms with Crippen LogP contribution in [0.2, 0.25) is 0 Å². The number of nitrogens with zero attached hydrogens (tertiary/aromatic N) is 13. The van der Waals surface area contributed by atoms with Crippen LogP contribution in [0.15, 0.2) is 139 Å². The van der Waals surface area contributed by atoms with Crippen molar-refractivity contribution in [2.24, 2.45) is 20.5 Å². The molecule has 0 atom stereocenters. The zero-order valence-corrected chi connectivity index (χ0v) is 46.8. The van der Waals surface area contributed by atoms with Gasteiger partial charge in [-0.25, -0.2) is 0 Å². The highest BCUT2D eigenvalue weighted by molar-refractivity contribution is 7.98. The fourth-order valence-corrected chi connectivity index (χ4v) is 11.7. The van der Waals surface area contributed by atoms with E-state index in [1.165, 1.54) is 36.0 Å². The van der Waals surface area contributed by atoms with Crippen molar-refractivity contribution < 1.29 is 25.9 Å². The van der Waals surface area contributed by atoms with Gasteiger partial charge >= 0.3 is 0 Å². The van der Waals surface area contributed by atoms with E-state index in [-0.39, 0.29) is 54.2 Å². The maximum atomic E-state index is 12.1. The minimum absolute atomic E-state index is 0.0572. The third-order valence-electron chi connectivity index (χ3n) is 12.1. The lowest BCUT2D eigenvalue weighted by Gasteiger charge is -2.22. The summed E-state index contributed by atoms with van der Waals surface area (Å²) < 4.78 is 77.1. The number of hydrogen-bond donors (Lipinski definition) is 4. The summed E-state index contributed by atoms with van der Waals surface area (Å²) in [6.07, 6.45) is 0. The third kappa shape index (κ3) is 13.0. The molecular formula is C52H49N15O6S5. The molecular weight excluding hydrogens is 1090 g/mol. The van der Waals surface area contributed by atoms with E-state index in [9.17, 15) is 36.5 Å². The second kappa shape index (κ2) is 24.5. The molecule has 8 rings (SSSR count). The van der Waals surface area contributed by atoms with Crippen molar-refractivity contribution >= 4 is 111 Å². The fourth-order valence-electron chi connectivity index (χ4n) is 8.03. The lowest BCUT2D eigenvalue weighted by atomic mass is 10.1. The quantitative estimate of drug-likeness (QED) is 0.0295. The molecule has 0 aliphatic rings. The number of aromatic nitrogens is 5. The maximum absolute atomic E-state index is 12.1. The Hall–Kier alpha value is -8.08. The van der Waals surface area contributed by atoms with Crippen molar-refractivity contribution in [3.63, 3.8) is 0 Å². The van der Waals surface area contributed by atoms with Gasteiger partial charge in [-0.05, 0) is 130 Å². The van der Waals surface area contributed by atoms with Crippen molar-refractivity contribution in [3.8, 4) is 34.7 Å². The Bertz CT molecular complexity index is 3680. The van der Waals surface area contributed by atoms with Gasteiger partial charge < -0.3 is 20.4 Å². The molecule has 5 aromatic carbocycles. The lowest BCUT2D eigenvalue weighted by molar-refractivity contribution is 0.480. The van der Waals surface area contributed by atoms with E-state index < -0.39 is 20.2 Å². The highest BCUT2D eigenvalue weighted by Gasteiger charge is 2.23. The average Bonchev–Trinajstić information content (AvgIpc) is 4.04. The number of nitrogens with one attached hydrogen (secondary N) is 2. The summed E-state index contributed by atoms with van der Waals surface area (Å²) in [7, 11) is -9.11. The summed E-state index contributed by atoms with van der Waals surface area (Å²) in [5.74, 6) is 0.790. The van der Waals surface area contributed by atoms with Crippen LogP contribution in [0.3, 0.4) is 0 Å². The fraction of sp³-hybridized carbons (Fsp3) is 0.212. The molecule has 0 aliphatic heterocycles. The molecule has 0 saturated heterocycles. The number of hydrogen-bond acceptors (Lipinski definition) is 22. The highest BCUT2D eigenvalue weighted by atomic mass is 32.2. The summed E-state index contributed by atoms with van der Waals surface area (Å²) in [5.41, 5.74) is 6.06. The summed E-state index contributed by atoms with van der Waals surface area (Å²) in [6, 6.07) is 34.0. The molecule has 8 aromatic rings. The monoisotopic (exact) mass is 1140 g/mol. The SMILES string of the molecule is CCN(CC)c1ccc(/N=N/c2snc(-c3ccc(C)c(S(=O)(=O)O)c3)c2C#N)c(Nc2nc(Nc3cc(N(CC)CC)ccc3/N=N/c3snc(-c4ccc(C)c(S(=O)(=O)O)c4)c3C#N)nc(SCc3ccccc3)n2)c1. The topological polar surface area (TPSA) is 301 Å². The predicted octanol–water partition coefficient (Wildman–Crippen LogP) is 13.3. The Kier molecular flexibility index (Phi) is 17.6. The first-order valence-corrected chi connectivity index (χ1v) is 29.4. The molecule has 0 radical (unpaired) electrons. The molecule has 0 spiro atoms. The molecule has 21 nitrogen and oxygen atoms in total. The summed E-state index contributed by atoms with van der Waals surface area (Å²) >= 11 is 3.18. The maximum Gasteiger partial charge on any atom is 0.294 e. The van der Waals surface area contributed by atoms with Crippen LogP contribution in [0, 0.1) is 36.5 Å². The Morgan fingerprint density at radius 1 is 0.590 bits per heavy atom. The Balaban J connectivity index is 1.19. The molecule has 3 heterocycles. The molecule has 0 saturated carbocycles. The molecule has 0 aliphatic carbocycles. The number of benzene rings is 5. The van der Waals surface area contributed by atoms with Gasteiger partial charge in [0.2, 0.25) is 11.9 Å². The number of aryl methyl sites for hydroxylation is 2. The van der Waals surface area contributed by atoms with Gasteiger partial charge in [-0.1, -0.05) is 66.4 Å². The van der Waals surface area contributed by atoms with E-state index in [1.807, 2.05) is 82.3 Å². The van der Waals surface area contributed by atoms with Gasteiger partial charge in [0.15, 0.2) is 15.2 Å². The van der Waals surface area contributed by atoms with E-state index in [0.29, 0.717) is 82.1 Å². The van der Waals surface area contributed by atoms with Crippen molar-refractivity contribution in [1.82, 2.24) is 23.7 Å². The first-order valence-electron chi connectivity index (χ1n) is 24.0. The Morgan fingerprint density at radius 2 is 1.03 bits per heavy atom. The number of thioether (sulfide) groups is 1. The minimum Gasteiger partial charge on any atom is -0.372 e. The number of anilines is 6. The largest absolute Gasteiger partial charge is 0.372 e. The number of azo groups is 2. The van der Waals surface area contributed by atoms with Gasteiger partial charge in [-0.3, -0.25) is 9.11 Å². The van der Waals surface area contributed by atoms with Crippen LogP contribution in [-0.2, 0) is 26.0 Å². The molecule has 398 valence electrons. The lowest BCUT2D eigenvalue weighted by Crippen LogP contribution is -2.21. The summed E-state index contributed by atoms with van der Waals surface area (Å²) in [6.45, 7) is 14.0. The van der Waals surface area contributed by atoms with Gasteiger partial charge in [0.1, 0.15) is 46.0 Å². The highest BCUT2D eigenvalue weighted by Crippen LogP contribution is 2.41. The number of nitriles is 2. The Labute approximate surface area is 463 Å². The van der Waals surface area contributed by atoms with Crippen LogP contribution in [-0.4, -0.2) is 75.8 Å². The van der Waals surface area contributed by atoms with E-state index in [0.717, 1.165) is 40.0 Å². The standard InChI is InChI=1S/C52H49N15O6S5/c1-7-66(8-2)36-20-22-40(60-62-48-38(28-53)46(64-75-48)34-18-16-31(5)44(24-34)77(68,69)70)42(26-36)55-50-57-51(59-52(58-50)74-30-33-14-12-11-13-15-33)56-43-27-37(67(9-3)10-4)21-23-41(43)61-63-49-39(29-54)47(65-76-49)35-19-17-32(6)45(25-35)78(71,72)73/h11-27H,7-10,30H2,1-6H3,(H,68,69,70)(H,71,72,73)(H2,55,56,57,58,59)/b62-60+,63-61+.